The van der Waals surface area contributed by atoms with Crippen LogP contribution in [0.25, 0.3) is 5.69 Å². The zero-order chi connectivity index (χ0) is 17.3. The van der Waals surface area contributed by atoms with Crippen molar-refractivity contribution in [3.63, 3.8) is 0 Å². The van der Waals surface area contributed by atoms with Crippen LogP contribution >= 0.6 is 11.8 Å². The maximum Gasteiger partial charge on any atom is 0.274 e. The van der Waals surface area contributed by atoms with E-state index in [-0.39, 0.29) is 22.0 Å². The third-order valence-electron chi connectivity index (χ3n) is 3.89. The van der Waals surface area contributed by atoms with Gasteiger partial charge in [-0.3, -0.25) is 9.59 Å². The minimum Gasteiger partial charge on any atom is -0.364 e. The highest BCUT2D eigenvalue weighted by Gasteiger charge is 2.31. The Morgan fingerprint density at radius 3 is 2.58 bits per heavy atom. The van der Waals surface area contributed by atoms with Crippen molar-refractivity contribution in [3.05, 3.63) is 47.8 Å². The van der Waals surface area contributed by atoms with E-state index < -0.39 is 5.91 Å². The van der Waals surface area contributed by atoms with Crippen LogP contribution in [0.5, 0.6) is 0 Å². The van der Waals surface area contributed by atoms with Crippen LogP contribution < -0.4 is 5.73 Å². The predicted octanol–water partition coefficient (Wildman–Crippen LogP) is 1.94. The molecule has 0 saturated carbocycles. The highest BCUT2D eigenvalue weighted by Crippen LogP contribution is 2.30. The molecular weight excluding hydrogens is 324 g/mol. The van der Waals surface area contributed by atoms with Gasteiger partial charge in [-0.05, 0) is 26.0 Å². The second kappa shape index (κ2) is 6.32. The lowest BCUT2D eigenvalue weighted by molar-refractivity contribution is 0.0741. The number of primary amides is 1. The molecule has 0 radical (unpaired) electrons. The summed E-state index contributed by atoms with van der Waals surface area (Å²) >= 11 is 1.85. The Bertz CT molecular complexity index is 770. The van der Waals surface area contributed by atoms with Crippen molar-refractivity contribution in [1.29, 1.82) is 0 Å². The lowest BCUT2D eigenvalue weighted by atomic mass is 10.1. The van der Waals surface area contributed by atoms with Gasteiger partial charge in [0.25, 0.3) is 11.8 Å². The molecule has 1 aromatic carbocycles. The number of carbonyl (C=O) groups excluding carboxylic acids is 2. The fourth-order valence-corrected chi connectivity index (χ4v) is 3.89. The summed E-state index contributed by atoms with van der Waals surface area (Å²) in [5.74, 6) is 0.112. The van der Waals surface area contributed by atoms with Crippen LogP contribution in [0.1, 0.15) is 34.8 Å². The van der Waals surface area contributed by atoms with Crippen molar-refractivity contribution in [2.75, 3.05) is 18.8 Å². The van der Waals surface area contributed by atoms with Crippen molar-refractivity contribution < 1.29 is 9.59 Å². The number of aromatic nitrogens is 2. The predicted molar refractivity (Wildman–Crippen MR) is 94.5 cm³/mol. The molecule has 1 aliphatic heterocycles. The Labute approximate surface area is 145 Å². The van der Waals surface area contributed by atoms with Crippen LogP contribution in [0.2, 0.25) is 0 Å². The van der Waals surface area contributed by atoms with Crippen LogP contribution in [0.4, 0.5) is 0 Å². The topological polar surface area (TPSA) is 81.2 Å². The Hall–Kier alpha value is -2.28. The normalized spacial score (nSPS) is 16.8. The van der Waals surface area contributed by atoms with Gasteiger partial charge in [0.15, 0.2) is 5.69 Å². The first-order valence-electron chi connectivity index (χ1n) is 7.76. The number of para-hydroxylation sites is 1. The van der Waals surface area contributed by atoms with Crippen LogP contribution in [0.3, 0.4) is 0 Å². The van der Waals surface area contributed by atoms with Gasteiger partial charge in [-0.2, -0.15) is 16.9 Å². The molecule has 2 amide bonds. The van der Waals surface area contributed by atoms with Gasteiger partial charge in [-0.25, -0.2) is 4.68 Å². The van der Waals surface area contributed by atoms with Crippen LogP contribution in [-0.2, 0) is 0 Å². The SMILES string of the molecule is CC1(C)CN(C(=O)c2cc(C(N)=O)n(-c3ccccc3)n2)CCS1. The Morgan fingerprint density at radius 1 is 1.25 bits per heavy atom. The van der Waals surface area contributed by atoms with E-state index in [0.29, 0.717) is 18.8 Å². The lowest BCUT2D eigenvalue weighted by Gasteiger charge is -2.37. The van der Waals surface area contributed by atoms with E-state index >= 15 is 0 Å². The smallest absolute Gasteiger partial charge is 0.274 e. The number of hydrogen-bond donors (Lipinski definition) is 1. The first kappa shape index (κ1) is 16.6. The molecule has 3 rings (SSSR count). The first-order valence-corrected chi connectivity index (χ1v) is 8.74. The summed E-state index contributed by atoms with van der Waals surface area (Å²) in [4.78, 5) is 26.3. The van der Waals surface area contributed by atoms with Gasteiger partial charge < -0.3 is 10.6 Å². The molecule has 0 spiro atoms. The molecule has 2 aromatic rings. The monoisotopic (exact) mass is 344 g/mol. The largest absolute Gasteiger partial charge is 0.364 e. The first-order chi connectivity index (χ1) is 11.4. The number of carbonyl (C=O) groups is 2. The Morgan fingerprint density at radius 2 is 1.96 bits per heavy atom. The van der Waals surface area contributed by atoms with Crippen LogP contribution in [0.15, 0.2) is 36.4 Å². The molecule has 0 aliphatic carbocycles. The average Bonchev–Trinajstić information content (AvgIpc) is 2.99. The molecule has 0 atom stereocenters. The van der Waals surface area contributed by atoms with Gasteiger partial charge in [-0.15, -0.1) is 0 Å². The highest BCUT2D eigenvalue weighted by atomic mass is 32.2. The third kappa shape index (κ3) is 3.31. The highest BCUT2D eigenvalue weighted by molar-refractivity contribution is 8.00. The molecule has 0 bridgehead atoms. The van der Waals surface area contributed by atoms with E-state index in [1.54, 1.807) is 4.90 Å². The quantitative estimate of drug-likeness (QED) is 0.922. The van der Waals surface area contributed by atoms with Gasteiger partial charge in [0.2, 0.25) is 0 Å². The summed E-state index contributed by atoms with van der Waals surface area (Å²) in [6, 6.07) is 10.7. The maximum atomic E-state index is 12.8. The summed E-state index contributed by atoms with van der Waals surface area (Å²) in [6.07, 6.45) is 0. The second-order valence-electron chi connectivity index (χ2n) is 6.36. The van der Waals surface area contributed by atoms with Gasteiger partial charge in [0.1, 0.15) is 5.69 Å². The van der Waals surface area contributed by atoms with E-state index in [0.717, 1.165) is 5.75 Å². The van der Waals surface area contributed by atoms with Crippen molar-refractivity contribution in [2.45, 2.75) is 18.6 Å². The minimum absolute atomic E-state index is 0.0163. The number of nitrogens with two attached hydrogens (primary N) is 1. The number of nitrogens with zero attached hydrogens (tertiary/aromatic N) is 3. The summed E-state index contributed by atoms with van der Waals surface area (Å²) in [7, 11) is 0. The molecule has 1 fully saturated rings. The van der Waals surface area contributed by atoms with Crippen LogP contribution in [-0.4, -0.2) is 50.1 Å². The number of hydrogen-bond acceptors (Lipinski definition) is 4. The fourth-order valence-electron chi connectivity index (χ4n) is 2.78. The molecule has 0 unspecified atom stereocenters. The van der Waals surface area contributed by atoms with Crippen LogP contribution in [0, 0.1) is 0 Å². The van der Waals surface area contributed by atoms with E-state index in [1.807, 2.05) is 42.1 Å². The standard InChI is InChI=1S/C17H20N4O2S/c1-17(2)11-20(8-9-24-17)16(23)13-10-14(15(18)22)21(19-13)12-6-4-3-5-7-12/h3-7,10H,8-9,11H2,1-2H3,(H2,18,22). The van der Waals surface area contributed by atoms with Gasteiger partial charge in [0.05, 0.1) is 5.69 Å². The molecule has 2 heterocycles. The van der Waals surface area contributed by atoms with Gasteiger partial charge >= 0.3 is 0 Å². The Kier molecular flexibility index (Phi) is 4.36. The number of amides is 2. The summed E-state index contributed by atoms with van der Waals surface area (Å²) in [5, 5.41) is 4.34. The van der Waals surface area contributed by atoms with Gasteiger partial charge in [0, 0.05) is 29.7 Å². The number of thioether (sulfide) groups is 1. The maximum absolute atomic E-state index is 12.8. The lowest BCUT2D eigenvalue weighted by Crippen LogP contribution is -2.46. The van der Waals surface area contributed by atoms with Crippen molar-refractivity contribution in [2.24, 2.45) is 5.73 Å². The molecule has 1 saturated heterocycles. The van der Waals surface area contributed by atoms with E-state index in [9.17, 15) is 9.59 Å². The van der Waals surface area contributed by atoms with Crippen molar-refractivity contribution in [3.8, 4) is 5.69 Å². The molecule has 6 nitrogen and oxygen atoms in total. The van der Waals surface area contributed by atoms with E-state index in [2.05, 4.69) is 18.9 Å². The fraction of sp³-hybridized carbons (Fsp3) is 0.353. The summed E-state index contributed by atoms with van der Waals surface area (Å²) in [5.41, 5.74) is 6.60. The second-order valence-corrected chi connectivity index (χ2v) is 8.16. The van der Waals surface area contributed by atoms with E-state index in [1.165, 1.54) is 10.7 Å². The molecule has 7 heteroatoms. The minimum atomic E-state index is -0.611. The number of rotatable bonds is 3. The molecule has 1 aliphatic rings. The molecule has 126 valence electrons. The molecule has 1 aromatic heterocycles. The summed E-state index contributed by atoms with van der Waals surface area (Å²) in [6.45, 7) is 5.57. The number of benzene rings is 1. The molecule has 2 N–H and O–H groups in total. The van der Waals surface area contributed by atoms with Gasteiger partial charge in [-0.1, -0.05) is 18.2 Å². The molecule has 24 heavy (non-hydrogen) atoms. The third-order valence-corrected chi connectivity index (χ3v) is 5.19. The Balaban J connectivity index is 1.94. The summed E-state index contributed by atoms with van der Waals surface area (Å²) < 4.78 is 1.45. The molecular formula is C17H20N4O2S. The van der Waals surface area contributed by atoms with Crippen molar-refractivity contribution in [1.82, 2.24) is 14.7 Å². The van der Waals surface area contributed by atoms with E-state index in [4.69, 9.17) is 5.73 Å². The van der Waals surface area contributed by atoms with Crippen molar-refractivity contribution >= 4 is 23.6 Å². The average molecular weight is 344 g/mol. The zero-order valence-electron chi connectivity index (χ0n) is 13.7. The zero-order valence-corrected chi connectivity index (χ0v) is 14.5.